The number of carbonyl (C=O) groups is 3. The number of rotatable bonds is 7. The summed E-state index contributed by atoms with van der Waals surface area (Å²) >= 11 is 3.32. The molecule has 3 aromatic rings. The largest absolute Gasteiger partial charge is 0.423 e. The number of benzene rings is 3. The van der Waals surface area contributed by atoms with Gasteiger partial charge in [0.05, 0.1) is 18.3 Å². The molecule has 0 aliphatic heterocycles. The first-order chi connectivity index (χ1) is 15.4. The molecule has 3 aromatic carbocycles. The molecule has 0 aromatic heterocycles. The Hall–Kier alpha value is -3.78. The maximum atomic E-state index is 12.2. The number of aryl methyl sites for hydroxylation is 1. The summed E-state index contributed by atoms with van der Waals surface area (Å²) in [6.45, 7) is 1.73. The number of esters is 1. The average molecular weight is 494 g/mol. The zero-order chi connectivity index (χ0) is 22.9. The average Bonchev–Trinajstić information content (AvgIpc) is 2.79. The van der Waals surface area contributed by atoms with E-state index in [0.29, 0.717) is 26.9 Å². The van der Waals surface area contributed by atoms with Crippen LogP contribution in [0.3, 0.4) is 0 Å². The first kappa shape index (κ1) is 22.9. The van der Waals surface area contributed by atoms with Crippen molar-refractivity contribution in [2.75, 3.05) is 6.54 Å². The van der Waals surface area contributed by atoms with Crippen LogP contribution in [-0.4, -0.2) is 30.5 Å². The SMILES string of the molecule is Cc1ccc(C(=O)NCC(=O)NN=Cc2ccc(OC(=O)c3ccccc3Br)cc2)cc1. The second kappa shape index (κ2) is 11.0. The fourth-order valence-electron chi connectivity index (χ4n) is 2.60. The van der Waals surface area contributed by atoms with Crippen molar-refractivity contribution in [3.63, 3.8) is 0 Å². The summed E-state index contributed by atoms with van der Waals surface area (Å²) in [5.74, 6) is -0.887. The molecule has 0 aliphatic rings. The van der Waals surface area contributed by atoms with Gasteiger partial charge in [0.1, 0.15) is 5.75 Å². The van der Waals surface area contributed by atoms with Crippen molar-refractivity contribution >= 4 is 39.9 Å². The molecular formula is C24H20BrN3O4. The normalized spacial score (nSPS) is 10.6. The van der Waals surface area contributed by atoms with E-state index < -0.39 is 11.9 Å². The number of nitrogens with one attached hydrogen (secondary N) is 2. The summed E-state index contributed by atoms with van der Waals surface area (Å²) in [6, 6.07) is 20.7. The molecule has 2 N–H and O–H groups in total. The Bertz CT molecular complexity index is 1140. The molecule has 0 saturated carbocycles. The van der Waals surface area contributed by atoms with Gasteiger partial charge in [0.25, 0.3) is 11.8 Å². The van der Waals surface area contributed by atoms with Gasteiger partial charge >= 0.3 is 5.97 Å². The molecule has 162 valence electrons. The van der Waals surface area contributed by atoms with E-state index in [1.54, 1.807) is 54.6 Å². The van der Waals surface area contributed by atoms with Crippen LogP contribution in [0.25, 0.3) is 0 Å². The lowest BCUT2D eigenvalue weighted by Gasteiger charge is -2.06. The minimum atomic E-state index is -0.473. The van der Waals surface area contributed by atoms with Crippen LogP contribution in [-0.2, 0) is 4.79 Å². The quantitative estimate of drug-likeness (QED) is 0.226. The molecular weight excluding hydrogens is 474 g/mol. The Morgan fingerprint density at radius 2 is 1.66 bits per heavy atom. The van der Waals surface area contributed by atoms with Gasteiger partial charge < -0.3 is 10.1 Å². The number of halogens is 1. The van der Waals surface area contributed by atoms with Crippen LogP contribution in [0.15, 0.2) is 82.4 Å². The molecule has 7 nitrogen and oxygen atoms in total. The highest BCUT2D eigenvalue weighted by Crippen LogP contribution is 2.19. The van der Waals surface area contributed by atoms with Crippen LogP contribution < -0.4 is 15.5 Å². The second-order valence-corrected chi connectivity index (χ2v) is 7.63. The summed E-state index contributed by atoms with van der Waals surface area (Å²) in [5, 5.41) is 6.40. The van der Waals surface area contributed by atoms with Gasteiger partial charge in [0, 0.05) is 10.0 Å². The highest BCUT2D eigenvalue weighted by molar-refractivity contribution is 9.10. The Morgan fingerprint density at radius 1 is 0.969 bits per heavy atom. The van der Waals surface area contributed by atoms with Crippen molar-refractivity contribution in [2.45, 2.75) is 6.92 Å². The molecule has 3 rings (SSSR count). The maximum absolute atomic E-state index is 12.2. The third-order valence-electron chi connectivity index (χ3n) is 4.31. The minimum absolute atomic E-state index is 0.200. The third kappa shape index (κ3) is 6.61. The van der Waals surface area contributed by atoms with E-state index in [1.807, 2.05) is 25.1 Å². The molecule has 0 radical (unpaired) electrons. The highest BCUT2D eigenvalue weighted by atomic mass is 79.9. The number of hydrogen-bond donors (Lipinski definition) is 2. The fraction of sp³-hybridized carbons (Fsp3) is 0.0833. The van der Waals surface area contributed by atoms with Gasteiger partial charge in [-0.25, -0.2) is 10.2 Å². The molecule has 0 unspecified atom stereocenters. The molecule has 0 bridgehead atoms. The maximum Gasteiger partial charge on any atom is 0.344 e. The van der Waals surface area contributed by atoms with E-state index in [0.717, 1.165) is 5.56 Å². The van der Waals surface area contributed by atoms with Crippen molar-refractivity contribution in [2.24, 2.45) is 5.10 Å². The van der Waals surface area contributed by atoms with Crippen molar-refractivity contribution in [1.82, 2.24) is 10.7 Å². The smallest absolute Gasteiger partial charge is 0.344 e. The molecule has 0 heterocycles. The summed E-state index contributed by atoms with van der Waals surface area (Å²) in [7, 11) is 0. The number of carbonyl (C=O) groups excluding carboxylic acids is 3. The van der Waals surface area contributed by atoms with E-state index in [1.165, 1.54) is 6.21 Å². The lowest BCUT2D eigenvalue weighted by atomic mass is 10.1. The molecule has 0 fully saturated rings. The van der Waals surface area contributed by atoms with Gasteiger partial charge in [0.15, 0.2) is 0 Å². The summed E-state index contributed by atoms with van der Waals surface area (Å²) < 4.78 is 6.01. The first-order valence-electron chi connectivity index (χ1n) is 9.66. The van der Waals surface area contributed by atoms with Gasteiger partial charge in [0.2, 0.25) is 0 Å². The fourth-order valence-corrected chi connectivity index (χ4v) is 3.04. The monoisotopic (exact) mass is 493 g/mol. The zero-order valence-corrected chi connectivity index (χ0v) is 18.8. The first-order valence-corrected chi connectivity index (χ1v) is 10.5. The molecule has 0 aliphatic carbocycles. The number of nitrogens with zero attached hydrogens (tertiary/aromatic N) is 1. The lowest BCUT2D eigenvalue weighted by Crippen LogP contribution is -2.34. The Kier molecular flexibility index (Phi) is 7.88. The van der Waals surface area contributed by atoms with Crippen molar-refractivity contribution in [1.29, 1.82) is 0 Å². The lowest BCUT2D eigenvalue weighted by molar-refractivity contribution is -0.120. The van der Waals surface area contributed by atoms with Gasteiger partial charge in [-0.1, -0.05) is 29.8 Å². The molecule has 32 heavy (non-hydrogen) atoms. The van der Waals surface area contributed by atoms with Gasteiger partial charge in [-0.2, -0.15) is 5.10 Å². The molecule has 8 heteroatoms. The number of amides is 2. The van der Waals surface area contributed by atoms with Crippen LogP contribution in [0.1, 0.15) is 31.8 Å². The van der Waals surface area contributed by atoms with Crippen LogP contribution >= 0.6 is 15.9 Å². The van der Waals surface area contributed by atoms with E-state index in [2.05, 4.69) is 31.8 Å². The Labute approximate surface area is 193 Å². The van der Waals surface area contributed by atoms with Crippen LogP contribution in [0.2, 0.25) is 0 Å². The summed E-state index contributed by atoms with van der Waals surface area (Å²) in [5.41, 5.74) is 4.99. The number of hydrogen-bond acceptors (Lipinski definition) is 5. The Morgan fingerprint density at radius 3 is 2.34 bits per heavy atom. The molecule has 0 saturated heterocycles. The van der Waals surface area contributed by atoms with E-state index in [-0.39, 0.29) is 12.5 Å². The van der Waals surface area contributed by atoms with Crippen molar-refractivity contribution < 1.29 is 19.1 Å². The Balaban J connectivity index is 1.45. The van der Waals surface area contributed by atoms with Crippen molar-refractivity contribution in [3.05, 3.63) is 99.5 Å². The van der Waals surface area contributed by atoms with Gasteiger partial charge in [-0.3, -0.25) is 9.59 Å². The summed E-state index contributed by atoms with van der Waals surface area (Å²) in [6.07, 6.45) is 1.44. The van der Waals surface area contributed by atoms with Crippen molar-refractivity contribution in [3.8, 4) is 5.75 Å². The highest BCUT2D eigenvalue weighted by Gasteiger charge is 2.11. The third-order valence-corrected chi connectivity index (χ3v) is 5.00. The van der Waals surface area contributed by atoms with Gasteiger partial charge in [-0.15, -0.1) is 0 Å². The predicted octanol–water partition coefficient (Wildman–Crippen LogP) is 3.86. The molecule has 0 spiro atoms. The standard InChI is InChI=1S/C24H20BrN3O4/c1-16-6-10-18(11-7-16)23(30)26-15-22(29)28-27-14-17-8-12-19(13-9-17)32-24(31)20-4-2-3-5-21(20)25/h2-14H,15H2,1H3,(H,26,30)(H,28,29). The number of hydrazone groups is 1. The van der Waals surface area contributed by atoms with E-state index >= 15 is 0 Å². The predicted molar refractivity (Wildman–Crippen MR) is 125 cm³/mol. The van der Waals surface area contributed by atoms with E-state index in [9.17, 15) is 14.4 Å². The summed E-state index contributed by atoms with van der Waals surface area (Å²) in [4.78, 5) is 36.1. The van der Waals surface area contributed by atoms with Gasteiger partial charge in [-0.05, 0) is 76.9 Å². The van der Waals surface area contributed by atoms with Crippen LogP contribution in [0.5, 0.6) is 5.75 Å². The minimum Gasteiger partial charge on any atom is -0.423 e. The second-order valence-electron chi connectivity index (χ2n) is 6.78. The number of ether oxygens (including phenoxy) is 1. The van der Waals surface area contributed by atoms with Crippen LogP contribution in [0, 0.1) is 6.92 Å². The van der Waals surface area contributed by atoms with Crippen LogP contribution in [0.4, 0.5) is 0 Å². The van der Waals surface area contributed by atoms with E-state index in [4.69, 9.17) is 4.74 Å². The molecule has 0 atom stereocenters. The topological polar surface area (TPSA) is 96.9 Å². The molecule has 2 amide bonds. The zero-order valence-electron chi connectivity index (χ0n) is 17.2.